The predicted molar refractivity (Wildman–Crippen MR) is 93.8 cm³/mol. The Morgan fingerprint density at radius 3 is 2.54 bits per heavy atom. The monoisotopic (exact) mass is 364 g/mol. The lowest BCUT2D eigenvalue weighted by Crippen LogP contribution is -2.26. The lowest BCUT2D eigenvalue weighted by molar-refractivity contribution is 0.552. The van der Waals surface area contributed by atoms with Gasteiger partial charge in [-0.05, 0) is 43.0 Å². The van der Waals surface area contributed by atoms with E-state index < -0.39 is 15.8 Å². The van der Waals surface area contributed by atoms with E-state index in [1.807, 2.05) is 30.5 Å². The van der Waals surface area contributed by atoms with Gasteiger partial charge in [0.2, 0.25) is 10.0 Å². The molecule has 0 spiro atoms. The van der Waals surface area contributed by atoms with Gasteiger partial charge in [0.25, 0.3) is 0 Å². The molecule has 2 aromatic carbocycles. The third kappa shape index (κ3) is 3.40. The summed E-state index contributed by atoms with van der Waals surface area (Å²) in [6.07, 6.45) is 1.98. The van der Waals surface area contributed by atoms with Crippen LogP contribution in [0, 0.1) is 0 Å². The average molecular weight is 364 g/mol. The number of H-pyrrole nitrogens is 1. The minimum Gasteiger partial charge on any atom is -0.408 e. The van der Waals surface area contributed by atoms with Crippen LogP contribution < -0.4 is 10.5 Å². The molecule has 3 aromatic rings. The molecule has 3 rings (SSSR count). The summed E-state index contributed by atoms with van der Waals surface area (Å²) in [5.74, 6) is -0.616. The Kier molecular flexibility index (Phi) is 4.53. The molecule has 8 heteroatoms. The topological polar surface area (TPSA) is 92.2 Å². The van der Waals surface area contributed by atoms with Crippen LogP contribution in [0.1, 0.15) is 18.5 Å². The maximum atomic E-state index is 12.5. The number of hydrogen-bond donors (Lipinski definition) is 2. The van der Waals surface area contributed by atoms with Crippen molar-refractivity contribution in [1.82, 2.24) is 9.71 Å². The number of aromatic amines is 1. The van der Waals surface area contributed by atoms with Crippen LogP contribution in [0.2, 0.25) is 0 Å². The van der Waals surface area contributed by atoms with Gasteiger partial charge in [-0.25, -0.2) is 17.9 Å². The summed E-state index contributed by atoms with van der Waals surface area (Å²) in [5, 5.41) is 0. The Hall–Kier alpha value is -2.03. The van der Waals surface area contributed by atoms with E-state index >= 15 is 0 Å². The highest BCUT2D eigenvalue weighted by Gasteiger charge is 2.19. The molecule has 0 radical (unpaired) electrons. The molecule has 0 amide bonds. The van der Waals surface area contributed by atoms with Crippen molar-refractivity contribution < 1.29 is 12.8 Å². The molecular formula is C16H16N2O4S2. The first-order valence-electron chi connectivity index (χ1n) is 7.18. The van der Waals surface area contributed by atoms with Crippen molar-refractivity contribution in [1.29, 1.82) is 0 Å². The van der Waals surface area contributed by atoms with Crippen LogP contribution in [0.15, 0.2) is 61.5 Å². The molecule has 24 heavy (non-hydrogen) atoms. The first-order chi connectivity index (χ1) is 11.4. The minimum absolute atomic E-state index is 0.0466. The molecule has 0 saturated carbocycles. The number of fused-ring (bicyclic) bond motifs is 1. The Morgan fingerprint density at radius 2 is 1.88 bits per heavy atom. The van der Waals surface area contributed by atoms with Gasteiger partial charge in [-0.1, -0.05) is 12.1 Å². The van der Waals surface area contributed by atoms with E-state index in [1.165, 1.54) is 18.2 Å². The Morgan fingerprint density at radius 1 is 1.17 bits per heavy atom. The van der Waals surface area contributed by atoms with E-state index in [1.54, 1.807) is 18.7 Å². The van der Waals surface area contributed by atoms with Crippen molar-refractivity contribution in [2.24, 2.45) is 0 Å². The zero-order valence-corrected chi connectivity index (χ0v) is 14.7. The van der Waals surface area contributed by atoms with E-state index in [9.17, 15) is 13.2 Å². The number of sulfonamides is 1. The summed E-state index contributed by atoms with van der Waals surface area (Å²) in [6, 6.07) is 11.6. The summed E-state index contributed by atoms with van der Waals surface area (Å²) < 4.78 is 32.6. The molecule has 0 aliphatic rings. The molecular weight excluding hydrogens is 348 g/mol. The van der Waals surface area contributed by atoms with Gasteiger partial charge in [-0.3, -0.25) is 4.98 Å². The van der Waals surface area contributed by atoms with Crippen molar-refractivity contribution in [3.8, 4) is 0 Å². The number of rotatable bonds is 5. The first kappa shape index (κ1) is 16.8. The molecule has 1 aromatic heterocycles. The fraction of sp³-hybridized carbons (Fsp3) is 0.188. The number of benzene rings is 2. The summed E-state index contributed by atoms with van der Waals surface area (Å²) in [5.41, 5.74) is 1.53. The van der Waals surface area contributed by atoms with E-state index in [4.69, 9.17) is 4.42 Å². The number of thioether (sulfide) groups is 1. The fourth-order valence-electron chi connectivity index (χ4n) is 2.35. The van der Waals surface area contributed by atoms with Gasteiger partial charge in [0.05, 0.1) is 10.4 Å². The number of oxazole rings is 1. The molecule has 0 aliphatic heterocycles. The third-order valence-electron chi connectivity index (χ3n) is 3.65. The van der Waals surface area contributed by atoms with Crippen LogP contribution in [0.4, 0.5) is 0 Å². The number of nitrogens with one attached hydrogen (secondary N) is 2. The predicted octanol–water partition coefficient (Wildman–Crippen LogP) is 2.88. The Bertz CT molecular complexity index is 1020. The average Bonchev–Trinajstić information content (AvgIpc) is 2.93. The van der Waals surface area contributed by atoms with E-state index in [2.05, 4.69) is 9.71 Å². The quantitative estimate of drug-likeness (QED) is 0.679. The molecule has 0 aliphatic carbocycles. The molecule has 1 heterocycles. The maximum absolute atomic E-state index is 12.5. The largest absolute Gasteiger partial charge is 0.417 e. The van der Waals surface area contributed by atoms with Crippen molar-refractivity contribution >= 4 is 32.9 Å². The van der Waals surface area contributed by atoms with E-state index in [0.29, 0.717) is 5.52 Å². The van der Waals surface area contributed by atoms with Gasteiger partial charge in [0.1, 0.15) is 0 Å². The maximum Gasteiger partial charge on any atom is 0.417 e. The lowest BCUT2D eigenvalue weighted by Gasteiger charge is -2.15. The van der Waals surface area contributed by atoms with Gasteiger partial charge in [-0.15, -0.1) is 11.8 Å². The minimum atomic E-state index is -3.74. The lowest BCUT2D eigenvalue weighted by atomic mass is 10.1. The summed E-state index contributed by atoms with van der Waals surface area (Å²) in [6.45, 7) is 1.78. The normalized spacial score (nSPS) is 13.2. The van der Waals surface area contributed by atoms with Crippen molar-refractivity contribution in [2.45, 2.75) is 22.8 Å². The number of aromatic nitrogens is 1. The SMILES string of the molecule is CSc1ccc([C@H](C)NS(=O)(=O)c2ccc3[nH]c(=O)oc3c2)cc1. The molecule has 0 saturated heterocycles. The molecule has 6 nitrogen and oxygen atoms in total. The summed E-state index contributed by atoms with van der Waals surface area (Å²) in [4.78, 5) is 14.8. The highest BCUT2D eigenvalue weighted by molar-refractivity contribution is 7.98. The van der Waals surface area contributed by atoms with Crippen LogP contribution in [0.3, 0.4) is 0 Å². The Labute approximate surface area is 143 Å². The smallest absolute Gasteiger partial charge is 0.408 e. The van der Waals surface area contributed by atoms with Gasteiger partial charge in [-0.2, -0.15) is 0 Å². The van der Waals surface area contributed by atoms with Gasteiger partial charge >= 0.3 is 5.76 Å². The molecule has 0 unspecified atom stereocenters. The summed E-state index contributed by atoms with van der Waals surface area (Å²) in [7, 11) is -3.74. The van der Waals surface area contributed by atoms with Gasteiger partial charge in [0.15, 0.2) is 5.58 Å². The highest BCUT2D eigenvalue weighted by atomic mass is 32.2. The third-order valence-corrected chi connectivity index (χ3v) is 5.93. The Balaban J connectivity index is 1.86. The van der Waals surface area contributed by atoms with Crippen molar-refractivity contribution in [3.63, 3.8) is 0 Å². The second kappa shape index (κ2) is 6.46. The van der Waals surface area contributed by atoms with Crippen LogP contribution in [-0.4, -0.2) is 19.7 Å². The van der Waals surface area contributed by atoms with Crippen LogP contribution >= 0.6 is 11.8 Å². The van der Waals surface area contributed by atoms with Gasteiger partial charge < -0.3 is 4.42 Å². The fourth-order valence-corrected chi connectivity index (χ4v) is 4.01. The van der Waals surface area contributed by atoms with E-state index in [-0.39, 0.29) is 16.5 Å². The standard InChI is InChI=1S/C16H16N2O4S2/c1-10(11-3-5-12(23-2)6-4-11)18-24(20,21)13-7-8-14-15(9-13)22-16(19)17-14/h3-10,18H,1-2H3,(H,17,19)/t10-/m0/s1. The summed E-state index contributed by atoms with van der Waals surface area (Å²) >= 11 is 1.62. The van der Waals surface area contributed by atoms with Gasteiger partial charge in [0, 0.05) is 17.0 Å². The van der Waals surface area contributed by atoms with Crippen LogP contribution in [0.5, 0.6) is 0 Å². The van der Waals surface area contributed by atoms with E-state index in [0.717, 1.165) is 10.5 Å². The number of hydrogen-bond acceptors (Lipinski definition) is 5. The second-order valence-corrected chi connectivity index (χ2v) is 7.88. The molecule has 2 N–H and O–H groups in total. The highest BCUT2D eigenvalue weighted by Crippen LogP contribution is 2.22. The van der Waals surface area contributed by atoms with Crippen LogP contribution in [0.25, 0.3) is 11.1 Å². The van der Waals surface area contributed by atoms with Crippen molar-refractivity contribution in [3.05, 3.63) is 58.6 Å². The second-order valence-electron chi connectivity index (χ2n) is 5.29. The first-order valence-corrected chi connectivity index (χ1v) is 9.89. The van der Waals surface area contributed by atoms with Crippen LogP contribution in [-0.2, 0) is 10.0 Å². The molecule has 0 bridgehead atoms. The molecule has 126 valence electrons. The zero-order chi connectivity index (χ0) is 17.3. The molecule has 0 fully saturated rings. The van der Waals surface area contributed by atoms with Crippen molar-refractivity contribution in [2.75, 3.05) is 6.26 Å². The zero-order valence-electron chi connectivity index (χ0n) is 13.1. The molecule has 1 atom stereocenters.